The van der Waals surface area contributed by atoms with E-state index in [9.17, 15) is 5.11 Å². The second kappa shape index (κ2) is 6.88. The Morgan fingerprint density at radius 1 is 0.957 bits per heavy atom. The maximum absolute atomic E-state index is 9.93. The van der Waals surface area contributed by atoms with Crippen molar-refractivity contribution in [2.75, 3.05) is 6.61 Å². The Kier molecular flexibility index (Phi) is 6.38. The van der Waals surface area contributed by atoms with E-state index in [-0.39, 0.29) is 22.3 Å². The average molecular weight is 363 g/mol. The van der Waals surface area contributed by atoms with Gasteiger partial charge in [-0.1, -0.05) is 41.5 Å². The molecule has 0 spiro atoms. The van der Waals surface area contributed by atoms with Gasteiger partial charge >= 0.3 is 0 Å². The molecule has 0 aromatic heterocycles. The lowest BCUT2D eigenvalue weighted by molar-refractivity contribution is -0.105. The molecule has 1 unspecified atom stereocenters. The van der Waals surface area contributed by atoms with Crippen molar-refractivity contribution in [2.45, 2.75) is 103 Å². The first-order valence-electron chi connectivity index (χ1n) is 8.72. The molecule has 0 aliphatic carbocycles. The normalized spacial score (nSPS) is 27.5. The summed E-state index contributed by atoms with van der Waals surface area (Å²) in [5.74, 6) is 0. The van der Waals surface area contributed by atoms with E-state index >= 15 is 0 Å². The van der Waals surface area contributed by atoms with E-state index in [1.165, 1.54) is 0 Å². The lowest BCUT2D eigenvalue weighted by Gasteiger charge is -2.40. The van der Waals surface area contributed by atoms with Gasteiger partial charge in [0, 0.05) is 6.42 Å². The highest BCUT2D eigenvalue weighted by atomic mass is 28.4. The molecule has 1 aliphatic heterocycles. The highest BCUT2D eigenvalue weighted by Gasteiger charge is 2.45. The van der Waals surface area contributed by atoms with E-state index in [1.807, 2.05) is 0 Å². The van der Waals surface area contributed by atoms with Crippen LogP contribution >= 0.6 is 0 Å². The fourth-order valence-corrected chi connectivity index (χ4v) is 4.40. The van der Waals surface area contributed by atoms with Crippen molar-refractivity contribution in [3.05, 3.63) is 0 Å². The maximum atomic E-state index is 9.93. The number of aliphatic hydroxyl groups is 1. The zero-order valence-corrected chi connectivity index (χ0v) is 18.8. The molecule has 1 saturated heterocycles. The number of aliphatic hydroxyl groups excluding tert-OH is 1. The van der Waals surface area contributed by atoms with Crippen molar-refractivity contribution in [1.82, 2.24) is 0 Å². The minimum absolute atomic E-state index is 0.0735. The Morgan fingerprint density at radius 3 is 1.87 bits per heavy atom. The molecule has 1 rings (SSSR count). The molecule has 1 aliphatic rings. The fourth-order valence-electron chi connectivity index (χ4n) is 2.03. The van der Waals surface area contributed by atoms with E-state index in [2.05, 4.69) is 67.7 Å². The van der Waals surface area contributed by atoms with Gasteiger partial charge in [-0.05, 0) is 36.3 Å². The van der Waals surface area contributed by atoms with Crippen molar-refractivity contribution in [3.8, 4) is 0 Å². The van der Waals surface area contributed by atoms with Crippen LogP contribution in [0.4, 0.5) is 0 Å². The van der Waals surface area contributed by atoms with Crippen LogP contribution in [0.15, 0.2) is 0 Å². The molecular formula is C17H38O4Si2. The lowest BCUT2D eigenvalue weighted by Crippen LogP contribution is -2.48. The summed E-state index contributed by atoms with van der Waals surface area (Å²) in [6.07, 6.45) is -0.445. The first-order chi connectivity index (χ1) is 10.1. The number of hydrogen-bond donors (Lipinski definition) is 1. The van der Waals surface area contributed by atoms with Crippen LogP contribution in [0, 0.1) is 0 Å². The second-order valence-electron chi connectivity index (χ2n) is 9.85. The zero-order chi connectivity index (χ0) is 18.3. The van der Waals surface area contributed by atoms with Gasteiger partial charge in [-0.2, -0.15) is 0 Å². The van der Waals surface area contributed by atoms with Crippen LogP contribution in [0.5, 0.6) is 0 Å². The summed E-state index contributed by atoms with van der Waals surface area (Å²) in [5.41, 5.74) is 0. The SMILES string of the molecule is CC(C)(C)[Si](C)(C)OC[C@H]1OC(O)C[C@@H]1O[Si](C)(C)C(C)(C)C. The molecule has 1 heterocycles. The Morgan fingerprint density at radius 2 is 1.43 bits per heavy atom. The van der Waals surface area contributed by atoms with Gasteiger partial charge in [0.25, 0.3) is 0 Å². The molecular weight excluding hydrogens is 324 g/mol. The summed E-state index contributed by atoms with van der Waals surface area (Å²) in [4.78, 5) is 0. The van der Waals surface area contributed by atoms with E-state index in [0.717, 1.165) is 0 Å². The van der Waals surface area contributed by atoms with Crippen LogP contribution in [0.3, 0.4) is 0 Å². The Labute approximate surface area is 145 Å². The number of rotatable bonds is 5. The van der Waals surface area contributed by atoms with Gasteiger partial charge in [-0.25, -0.2) is 0 Å². The van der Waals surface area contributed by atoms with Crippen LogP contribution in [0.25, 0.3) is 0 Å². The number of hydrogen-bond acceptors (Lipinski definition) is 4. The lowest BCUT2D eigenvalue weighted by atomic mass is 10.2. The molecule has 3 atom stereocenters. The highest BCUT2D eigenvalue weighted by molar-refractivity contribution is 6.74. The molecule has 0 amide bonds. The van der Waals surface area contributed by atoms with E-state index in [4.69, 9.17) is 13.6 Å². The summed E-state index contributed by atoms with van der Waals surface area (Å²) in [6, 6.07) is 0. The van der Waals surface area contributed by atoms with Crippen molar-refractivity contribution in [3.63, 3.8) is 0 Å². The van der Waals surface area contributed by atoms with Crippen molar-refractivity contribution < 1.29 is 18.7 Å². The van der Waals surface area contributed by atoms with Gasteiger partial charge in [0.15, 0.2) is 22.9 Å². The highest BCUT2D eigenvalue weighted by Crippen LogP contribution is 2.40. The quantitative estimate of drug-likeness (QED) is 0.731. The monoisotopic (exact) mass is 362 g/mol. The summed E-state index contributed by atoms with van der Waals surface area (Å²) in [5, 5.41) is 10.2. The second-order valence-corrected chi connectivity index (χ2v) is 19.4. The summed E-state index contributed by atoms with van der Waals surface area (Å²) in [6.45, 7) is 22.8. The van der Waals surface area contributed by atoms with Gasteiger partial charge in [-0.15, -0.1) is 0 Å². The molecule has 4 nitrogen and oxygen atoms in total. The third kappa shape index (κ3) is 5.37. The Balaban J connectivity index is 2.74. The van der Waals surface area contributed by atoms with Gasteiger partial charge in [0.1, 0.15) is 6.10 Å². The minimum atomic E-state index is -1.89. The summed E-state index contributed by atoms with van der Waals surface area (Å²) in [7, 11) is -3.71. The number of ether oxygens (including phenoxy) is 1. The molecule has 0 saturated carbocycles. The standard InChI is InChI=1S/C17H38O4Si2/c1-16(2,3)22(7,8)19-12-14-13(11-15(18)20-14)21-23(9,10)17(4,5)6/h13-15,18H,11-12H2,1-10H3/t13-,14+,15?/m0/s1. The van der Waals surface area contributed by atoms with Crippen molar-refractivity contribution in [1.29, 1.82) is 0 Å². The van der Waals surface area contributed by atoms with Crippen LogP contribution in [-0.4, -0.2) is 46.8 Å². The largest absolute Gasteiger partial charge is 0.414 e. The molecule has 138 valence electrons. The molecule has 0 aromatic carbocycles. The first-order valence-corrected chi connectivity index (χ1v) is 14.5. The van der Waals surface area contributed by atoms with Gasteiger partial charge in [0.05, 0.1) is 12.7 Å². The Bertz CT molecular complexity index is 396. The smallest absolute Gasteiger partial charge is 0.192 e. The molecule has 0 aromatic rings. The van der Waals surface area contributed by atoms with Gasteiger partial charge in [-0.3, -0.25) is 0 Å². The minimum Gasteiger partial charge on any atom is -0.414 e. The van der Waals surface area contributed by atoms with E-state index in [0.29, 0.717) is 13.0 Å². The summed E-state index contributed by atoms with van der Waals surface area (Å²) >= 11 is 0. The van der Waals surface area contributed by atoms with Gasteiger partial charge < -0.3 is 18.7 Å². The zero-order valence-electron chi connectivity index (χ0n) is 16.8. The van der Waals surface area contributed by atoms with E-state index < -0.39 is 22.9 Å². The van der Waals surface area contributed by atoms with Crippen molar-refractivity contribution >= 4 is 16.6 Å². The fraction of sp³-hybridized carbons (Fsp3) is 1.00. The molecule has 1 fully saturated rings. The molecule has 23 heavy (non-hydrogen) atoms. The predicted octanol–water partition coefficient (Wildman–Crippen LogP) is 4.51. The molecule has 0 radical (unpaired) electrons. The summed E-state index contributed by atoms with van der Waals surface area (Å²) < 4.78 is 18.5. The van der Waals surface area contributed by atoms with Gasteiger partial charge in [0.2, 0.25) is 0 Å². The van der Waals surface area contributed by atoms with Crippen LogP contribution in [0.2, 0.25) is 36.3 Å². The Hall–Kier alpha value is 0.274. The molecule has 6 heteroatoms. The van der Waals surface area contributed by atoms with Crippen LogP contribution in [0.1, 0.15) is 48.0 Å². The first kappa shape index (κ1) is 21.3. The molecule has 1 N–H and O–H groups in total. The molecule has 0 bridgehead atoms. The van der Waals surface area contributed by atoms with Crippen LogP contribution in [-0.2, 0) is 13.6 Å². The van der Waals surface area contributed by atoms with Crippen molar-refractivity contribution in [2.24, 2.45) is 0 Å². The topological polar surface area (TPSA) is 47.9 Å². The van der Waals surface area contributed by atoms with E-state index in [1.54, 1.807) is 0 Å². The third-order valence-corrected chi connectivity index (χ3v) is 14.9. The maximum Gasteiger partial charge on any atom is 0.192 e. The average Bonchev–Trinajstić information content (AvgIpc) is 2.63. The predicted molar refractivity (Wildman–Crippen MR) is 101 cm³/mol. The van der Waals surface area contributed by atoms with Crippen LogP contribution < -0.4 is 0 Å². The third-order valence-electron chi connectivity index (χ3n) is 5.85.